The van der Waals surface area contributed by atoms with Gasteiger partial charge < -0.3 is 10.6 Å². The number of pyridine rings is 1. The van der Waals surface area contributed by atoms with Crippen LogP contribution >= 0.6 is 0 Å². The van der Waals surface area contributed by atoms with Gasteiger partial charge in [-0.1, -0.05) is 25.7 Å². The molecule has 1 aliphatic carbocycles. The molecule has 0 saturated heterocycles. The number of benzene rings is 1. The van der Waals surface area contributed by atoms with Crippen molar-refractivity contribution in [3.63, 3.8) is 0 Å². The van der Waals surface area contributed by atoms with Crippen molar-refractivity contribution in [2.24, 2.45) is 13.0 Å². The van der Waals surface area contributed by atoms with Crippen molar-refractivity contribution < 1.29 is 9.59 Å². The van der Waals surface area contributed by atoms with Gasteiger partial charge in [-0.2, -0.15) is 10.2 Å². The lowest BCUT2D eigenvalue weighted by Crippen LogP contribution is -2.46. The van der Waals surface area contributed by atoms with Crippen molar-refractivity contribution >= 4 is 23.1 Å². The van der Waals surface area contributed by atoms with Gasteiger partial charge in [-0.05, 0) is 75.1 Å². The molecule has 0 spiro atoms. The van der Waals surface area contributed by atoms with Crippen molar-refractivity contribution in [2.75, 3.05) is 5.32 Å². The Balaban J connectivity index is 1.30. The largest absolute Gasteiger partial charge is 0.354 e. The van der Waals surface area contributed by atoms with Gasteiger partial charge in [0.25, 0.3) is 5.91 Å². The number of aromatic amines is 1. The van der Waals surface area contributed by atoms with Crippen LogP contribution in [0.2, 0.25) is 0 Å². The molecule has 9 nitrogen and oxygen atoms in total. The Hall–Kier alpha value is -4.27. The number of ketones is 1. The summed E-state index contributed by atoms with van der Waals surface area (Å²) in [5.74, 6) is -0.212. The van der Waals surface area contributed by atoms with Crippen molar-refractivity contribution in [3.05, 3.63) is 77.5 Å². The second-order valence-electron chi connectivity index (χ2n) is 10.4. The molecular weight excluding hydrogens is 490 g/mol. The van der Waals surface area contributed by atoms with Crippen molar-refractivity contribution in [2.45, 2.75) is 58.4 Å². The third kappa shape index (κ3) is 5.92. The molecule has 0 bridgehead atoms. The topological polar surface area (TPSA) is 118 Å². The Morgan fingerprint density at radius 3 is 2.28 bits per heavy atom. The number of amides is 1. The van der Waals surface area contributed by atoms with Gasteiger partial charge in [0, 0.05) is 35.8 Å². The van der Waals surface area contributed by atoms with Crippen LogP contribution in [0.5, 0.6) is 0 Å². The predicted octanol–water partition coefficient (Wildman–Crippen LogP) is 5.52. The maximum atomic E-state index is 13.7. The van der Waals surface area contributed by atoms with E-state index in [2.05, 4.69) is 30.9 Å². The molecule has 0 radical (unpaired) electrons. The number of nitrogens with one attached hydrogen (secondary N) is 3. The van der Waals surface area contributed by atoms with E-state index < -0.39 is 6.04 Å². The lowest BCUT2D eigenvalue weighted by Gasteiger charge is -2.26. The van der Waals surface area contributed by atoms with E-state index in [4.69, 9.17) is 0 Å². The second kappa shape index (κ2) is 11.6. The summed E-state index contributed by atoms with van der Waals surface area (Å²) in [7, 11) is 1.73. The zero-order valence-corrected chi connectivity index (χ0v) is 22.7. The third-order valence-corrected chi connectivity index (χ3v) is 7.60. The number of Topliss-reactive ketones (excluding diaryl/α,β-unsaturated/α-hetero) is 1. The molecule has 9 heteroatoms. The van der Waals surface area contributed by atoms with Crippen LogP contribution in [0.25, 0.3) is 11.3 Å². The van der Waals surface area contributed by atoms with Gasteiger partial charge in [-0.3, -0.25) is 24.4 Å². The summed E-state index contributed by atoms with van der Waals surface area (Å²) < 4.78 is 1.53. The molecule has 3 N–H and O–H groups in total. The number of nitrogens with zero attached hydrogens (tertiary/aromatic N) is 4. The van der Waals surface area contributed by atoms with E-state index in [9.17, 15) is 9.59 Å². The molecule has 1 fully saturated rings. The first-order valence-corrected chi connectivity index (χ1v) is 13.6. The van der Waals surface area contributed by atoms with Gasteiger partial charge in [-0.15, -0.1) is 0 Å². The van der Waals surface area contributed by atoms with Crippen molar-refractivity contribution in [1.82, 2.24) is 30.3 Å². The zero-order chi connectivity index (χ0) is 27.4. The van der Waals surface area contributed by atoms with Crippen LogP contribution in [0.15, 0.2) is 54.9 Å². The number of rotatable bonds is 8. The lowest BCUT2D eigenvalue weighted by atomic mass is 9.86. The third-order valence-electron chi connectivity index (χ3n) is 7.60. The van der Waals surface area contributed by atoms with E-state index in [1.165, 1.54) is 17.5 Å². The fourth-order valence-electron chi connectivity index (χ4n) is 5.46. The summed E-state index contributed by atoms with van der Waals surface area (Å²) in [5, 5.41) is 17.8. The van der Waals surface area contributed by atoms with E-state index in [0.29, 0.717) is 11.3 Å². The minimum atomic E-state index is -0.573. The van der Waals surface area contributed by atoms with Gasteiger partial charge in [0.1, 0.15) is 5.69 Å². The molecule has 0 unspecified atom stereocenters. The Morgan fingerprint density at radius 2 is 1.69 bits per heavy atom. The monoisotopic (exact) mass is 525 g/mol. The molecule has 1 atom stereocenters. The Bertz CT molecular complexity index is 1410. The molecule has 1 aromatic carbocycles. The van der Waals surface area contributed by atoms with E-state index in [1.807, 2.05) is 50.2 Å². The Kier molecular flexibility index (Phi) is 7.86. The van der Waals surface area contributed by atoms with Gasteiger partial charge in [0.05, 0.1) is 29.3 Å². The van der Waals surface area contributed by atoms with Gasteiger partial charge in [-0.25, -0.2) is 0 Å². The normalized spacial score (nSPS) is 14.9. The lowest BCUT2D eigenvalue weighted by molar-refractivity contribution is 0.0808. The van der Waals surface area contributed by atoms with E-state index in [0.717, 1.165) is 59.7 Å². The number of carbonyl (C=O) groups is 2. The van der Waals surface area contributed by atoms with Crippen LogP contribution in [0.4, 0.5) is 11.4 Å². The van der Waals surface area contributed by atoms with E-state index in [-0.39, 0.29) is 17.6 Å². The highest BCUT2D eigenvalue weighted by Crippen LogP contribution is 2.29. The average Bonchev–Trinajstić information content (AvgIpc) is 3.40. The summed E-state index contributed by atoms with van der Waals surface area (Å²) in [6.45, 7) is 3.94. The summed E-state index contributed by atoms with van der Waals surface area (Å²) in [6.07, 6.45) is 9.74. The Labute approximate surface area is 228 Å². The zero-order valence-electron chi connectivity index (χ0n) is 22.7. The quantitative estimate of drug-likeness (QED) is 0.206. The number of H-pyrrole nitrogens is 1. The molecule has 202 valence electrons. The standard InChI is InChI=1S/C30H35N7O2/c1-19-27(20(2)36-35-19)25-15-14-24(18-31-25)33-23-12-10-22(11-13-23)29(38)28(21-8-6-4-5-7-9-21)34-30(39)26-16-17-32-37(26)3/h10-18,21,28,33H,4-9H2,1-3H3,(H,34,39)(H,35,36)/t28-/m0/s1. The summed E-state index contributed by atoms with van der Waals surface area (Å²) in [4.78, 5) is 31.4. The van der Waals surface area contributed by atoms with Crippen LogP contribution in [-0.4, -0.2) is 42.7 Å². The molecule has 3 heterocycles. The van der Waals surface area contributed by atoms with Gasteiger partial charge >= 0.3 is 0 Å². The van der Waals surface area contributed by atoms with Crippen LogP contribution < -0.4 is 10.6 Å². The van der Waals surface area contributed by atoms with Crippen LogP contribution in [-0.2, 0) is 7.05 Å². The average molecular weight is 526 g/mol. The van der Waals surface area contributed by atoms with Crippen LogP contribution in [0.1, 0.15) is 70.8 Å². The predicted molar refractivity (Wildman–Crippen MR) is 151 cm³/mol. The van der Waals surface area contributed by atoms with Crippen LogP contribution in [0, 0.1) is 19.8 Å². The highest BCUT2D eigenvalue weighted by molar-refractivity contribution is 6.04. The molecule has 1 amide bonds. The molecule has 4 aromatic rings. The number of hydrogen-bond donors (Lipinski definition) is 3. The SMILES string of the molecule is Cc1n[nH]c(C)c1-c1ccc(Nc2ccc(C(=O)[C@@H](NC(=O)c3ccnn3C)C3CCCCCC3)cc2)cn1. The minimum Gasteiger partial charge on any atom is -0.354 e. The number of carbonyl (C=O) groups excluding carboxylic acids is 2. The number of aromatic nitrogens is 5. The maximum Gasteiger partial charge on any atom is 0.270 e. The Morgan fingerprint density at radius 1 is 0.974 bits per heavy atom. The summed E-state index contributed by atoms with van der Waals surface area (Å²) >= 11 is 0. The van der Waals surface area contributed by atoms with E-state index in [1.54, 1.807) is 25.5 Å². The van der Waals surface area contributed by atoms with Crippen molar-refractivity contribution in [1.29, 1.82) is 0 Å². The van der Waals surface area contributed by atoms with Crippen molar-refractivity contribution in [3.8, 4) is 11.3 Å². The molecular formula is C30H35N7O2. The first kappa shape index (κ1) is 26.3. The summed E-state index contributed by atoms with van der Waals surface area (Å²) in [6, 6.07) is 12.5. The molecule has 0 aliphatic heterocycles. The first-order chi connectivity index (χ1) is 18.9. The number of hydrogen-bond acceptors (Lipinski definition) is 6. The highest BCUT2D eigenvalue weighted by Gasteiger charge is 2.31. The first-order valence-electron chi connectivity index (χ1n) is 13.6. The number of aryl methyl sites for hydroxylation is 3. The van der Waals surface area contributed by atoms with Crippen LogP contribution in [0.3, 0.4) is 0 Å². The van der Waals surface area contributed by atoms with Gasteiger partial charge in [0.2, 0.25) is 0 Å². The minimum absolute atomic E-state index is 0.0548. The number of anilines is 2. The highest BCUT2D eigenvalue weighted by atomic mass is 16.2. The smallest absolute Gasteiger partial charge is 0.270 e. The summed E-state index contributed by atoms with van der Waals surface area (Å²) in [5.41, 5.74) is 6.50. The molecule has 1 saturated carbocycles. The maximum absolute atomic E-state index is 13.7. The molecule has 1 aliphatic rings. The molecule has 5 rings (SSSR count). The second-order valence-corrected chi connectivity index (χ2v) is 10.4. The molecule has 3 aromatic heterocycles. The fraction of sp³-hybridized carbons (Fsp3) is 0.367. The fourth-order valence-corrected chi connectivity index (χ4v) is 5.46. The van der Waals surface area contributed by atoms with E-state index >= 15 is 0 Å². The van der Waals surface area contributed by atoms with Gasteiger partial charge in [0.15, 0.2) is 5.78 Å². The molecule has 39 heavy (non-hydrogen) atoms.